The van der Waals surface area contributed by atoms with E-state index in [0.29, 0.717) is 11.1 Å². The number of hydrogen-bond acceptors (Lipinski definition) is 3. The Kier molecular flexibility index (Phi) is 3.53. The highest BCUT2D eigenvalue weighted by molar-refractivity contribution is 6.04. The number of nitrogens with zero attached hydrogens (tertiary/aromatic N) is 1. The molecule has 1 heterocycles. The van der Waals surface area contributed by atoms with Crippen LogP contribution in [0.25, 0.3) is 11.1 Å². The normalized spacial score (nSPS) is 11.6. The van der Waals surface area contributed by atoms with E-state index in [1.807, 2.05) is 12.1 Å². The van der Waals surface area contributed by atoms with Crippen LogP contribution in [0.1, 0.15) is 10.4 Å². The van der Waals surface area contributed by atoms with E-state index in [9.17, 15) is 9.18 Å². The molecule has 3 aromatic rings. The molecule has 0 unspecified atom stereocenters. The number of benzene rings is 2. The fraction of sp³-hybridized carbons (Fsp3) is 0. The fourth-order valence-corrected chi connectivity index (χ4v) is 1.91. The third kappa shape index (κ3) is 2.78. The molecular weight excluding hydrogens is 287 g/mol. The number of guanidine groups is 1. The van der Waals surface area contributed by atoms with Gasteiger partial charge in [0.05, 0.1) is 5.56 Å². The second-order valence-corrected chi connectivity index (χ2v) is 4.46. The van der Waals surface area contributed by atoms with Crippen molar-refractivity contribution in [2.45, 2.75) is 0 Å². The van der Waals surface area contributed by atoms with Crippen LogP contribution in [-0.2, 0) is 0 Å². The summed E-state index contributed by atoms with van der Waals surface area (Å²) >= 11 is 0. The van der Waals surface area contributed by atoms with Crippen LogP contribution in [-0.4, -0.2) is 16.9 Å². The first kappa shape index (κ1) is 13.7. The number of nitrogens with one attached hydrogen (secondary N) is 2. The largest absolute Gasteiger partial charge is 0.406 e. The smallest absolute Gasteiger partial charge is 0.404 e. The van der Waals surface area contributed by atoms with Crippen molar-refractivity contribution in [1.29, 1.82) is 0 Å². The molecule has 2 aromatic carbocycles. The Morgan fingerprint density at radius 1 is 1.18 bits per heavy atom. The maximum Gasteiger partial charge on any atom is 0.406 e. The molecule has 1 amide bonds. The van der Waals surface area contributed by atoms with Crippen molar-refractivity contribution in [2.75, 3.05) is 0 Å². The van der Waals surface area contributed by atoms with Gasteiger partial charge in [-0.05, 0) is 24.3 Å². The number of aromatic nitrogens is 1. The zero-order valence-electron chi connectivity index (χ0n) is 11.3. The Labute approximate surface area is 124 Å². The van der Waals surface area contributed by atoms with E-state index >= 15 is 0 Å². The topological polar surface area (TPSA) is 95.1 Å². The summed E-state index contributed by atoms with van der Waals surface area (Å²) < 4.78 is 18.9. The highest BCUT2D eigenvalue weighted by atomic mass is 19.1. The first-order chi connectivity index (χ1) is 10.6. The Morgan fingerprint density at radius 2 is 1.91 bits per heavy atom. The standard InChI is InChI=1S/C15H11FN4O2/c16-10-6-2-1-5-9(10)13(21)19-14(17)20-15-18-11-7-3-4-8-12(11)22-15/h1-8H,(H3,17,18,19,20,21)/p+1. The van der Waals surface area contributed by atoms with Crippen LogP contribution >= 0.6 is 0 Å². The molecule has 0 aliphatic rings. The number of carbonyl (C=O) groups excluding carboxylic acids is 1. The van der Waals surface area contributed by atoms with E-state index in [1.54, 1.807) is 18.2 Å². The maximum atomic E-state index is 13.5. The van der Waals surface area contributed by atoms with Crippen molar-refractivity contribution in [2.24, 2.45) is 5.73 Å². The summed E-state index contributed by atoms with van der Waals surface area (Å²) in [6.45, 7) is 0. The number of para-hydroxylation sites is 2. The predicted octanol–water partition coefficient (Wildman–Crippen LogP) is 0.424. The second-order valence-electron chi connectivity index (χ2n) is 4.46. The number of oxazole rings is 1. The molecule has 22 heavy (non-hydrogen) atoms. The van der Waals surface area contributed by atoms with Gasteiger partial charge in [-0.15, -0.1) is 0 Å². The number of fused-ring (bicyclic) bond motifs is 1. The van der Waals surface area contributed by atoms with E-state index in [4.69, 9.17) is 10.2 Å². The van der Waals surface area contributed by atoms with Gasteiger partial charge in [0.25, 0.3) is 0 Å². The Bertz CT molecular complexity index is 840. The van der Waals surface area contributed by atoms with Gasteiger partial charge in [0.15, 0.2) is 11.1 Å². The molecule has 0 saturated heterocycles. The summed E-state index contributed by atoms with van der Waals surface area (Å²) in [7, 11) is 0. The van der Waals surface area contributed by atoms with Crippen LogP contribution < -0.4 is 16.0 Å². The van der Waals surface area contributed by atoms with Crippen LogP contribution in [0.2, 0.25) is 0 Å². The summed E-state index contributed by atoms with van der Waals surface area (Å²) in [6.07, 6.45) is 0. The van der Waals surface area contributed by atoms with Crippen LogP contribution in [0.15, 0.2) is 52.9 Å². The third-order valence-corrected chi connectivity index (χ3v) is 2.90. The SMILES string of the molecule is NC(NC(=O)c1ccccc1F)=[NH+]c1nc2ccccc2o1. The van der Waals surface area contributed by atoms with Gasteiger partial charge in [-0.3, -0.25) is 4.79 Å². The lowest BCUT2D eigenvalue weighted by molar-refractivity contribution is -0.381. The van der Waals surface area contributed by atoms with E-state index in [1.165, 1.54) is 18.2 Å². The molecule has 0 spiro atoms. The minimum atomic E-state index is -0.667. The number of amides is 1. The zero-order chi connectivity index (χ0) is 15.5. The monoisotopic (exact) mass is 299 g/mol. The average molecular weight is 299 g/mol. The van der Waals surface area contributed by atoms with Crippen LogP contribution in [0.5, 0.6) is 0 Å². The molecule has 110 valence electrons. The van der Waals surface area contributed by atoms with Crippen molar-refractivity contribution in [3.63, 3.8) is 0 Å². The molecular formula is C15H12FN4O2+. The molecule has 0 aliphatic carbocycles. The molecule has 1 aromatic heterocycles. The van der Waals surface area contributed by atoms with E-state index in [2.05, 4.69) is 15.3 Å². The van der Waals surface area contributed by atoms with Gasteiger partial charge in [0.2, 0.25) is 0 Å². The first-order valence-electron chi connectivity index (χ1n) is 6.44. The van der Waals surface area contributed by atoms with Gasteiger partial charge in [0, 0.05) is 0 Å². The van der Waals surface area contributed by atoms with Crippen LogP contribution in [0.4, 0.5) is 10.4 Å². The van der Waals surface area contributed by atoms with Gasteiger partial charge in [-0.1, -0.05) is 29.2 Å². The Balaban J connectivity index is 1.80. The molecule has 0 saturated carbocycles. The summed E-state index contributed by atoms with van der Waals surface area (Å²) in [6, 6.07) is 12.9. The van der Waals surface area contributed by atoms with Crippen molar-refractivity contribution in [1.82, 2.24) is 10.3 Å². The molecule has 0 fully saturated rings. The molecule has 3 rings (SSSR count). The van der Waals surface area contributed by atoms with E-state index in [0.717, 1.165) is 0 Å². The third-order valence-electron chi connectivity index (χ3n) is 2.90. The van der Waals surface area contributed by atoms with Gasteiger partial charge >= 0.3 is 17.9 Å². The minimum Gasteiger partial charge on any atom is -0.404 e. The van der Waals surface area contributed by atoms with Crippen molar-refractivity contribution in [3.05, 3.63) is 59.9 Å². The average Bonchev–Trinajstić information content (AvgIpc) is 2.89. The molecule has 0 bridgehead atoms. The first-order valence-corrected chi connectivity index (χ1v) is 6.44. The molecule has 0 atom stereocenters. The quantitative estimate of drug-likeness (QED) is 0.472. The number of rotatable bonds is 2. The van der Waals surface area contributed by atoms with Crippen LogP contribution in [0.3, 0.4) is 0 Å². The number of hydrogen-bond donors (Lipinski definition) is 3. The van der Waals surface area contributed by atoms with Gasteiger partial charge < -0.3 is 10.2 Å². The molecule has 0 radical (unpaired) electrons. The highest BCUT2D eigenvalue weighted by Crippen LogP contribution is 2.14. The lowest BCUT2D eigenvalue weighted by Crippen LogP contribution is -2.74. The fourth-order valence-electron chi connectivity index (χ4n) is 1.91. The zero-order valence-corrected chi connectivity index (χ0v) is 11.3. The molecule has 6 nitrogen and oxygen atoms in total. The highest BCUT2D eigenvalue weighted by Gasteiger charge is 2.16. The van der Waals surface area contributed by atoms with E-state index < -0.39 is 11.7 Å². The summed E-state index contributed by atoms with van der Waals surface area (Å²) in [5, 5.41) is 2.33. The predicted molar refractivity (Wildman–Crippen MR) is 77.7 cm³/mol. The molecule has 7 heteroatoms. The summed E-state index contributed by atoms with van der Waals surface area (Å²) in [5.74, 6) is -1.41. The van der Waals surface area contributed by atoms with Gasteiger partial charge in [-0.25, -0.2) is 14.7 Å². The maximum absolute atomic E-state index is 13.5. The van der Waals surface area contributed by atoms with Gasteiger partial charge in [-0.2, -0.15) is 0 Å². The van der Waals surface area contributed by atoms with Crippen LogP contribution in [0, 0.1) is 5.82 Å². The number of nitrogens with two attached hydrogens (primary N) is 1. The lowest BCUT2D eigenvalue weighted by Gasteiger charge is -2.00. The second kappa shape index (κ2) is 5.65. The number of carbonyl (C=O) groups is 1. The summed E-state index contributed by atoms with van der Waals surface area (Å²) in [5.41, 5.74) is 6.79. The Morgan fingerprint density at radius 3 is 2.68 bits per heavy atom. The number of halogens is 1. The van der Waals surface area contributed by atoms with Crippen molar-refractivity contribution in [3.8, 4) is 0 Å². The Hall–Kier alpha value is -3.22. The lowest BCUT2D eigenvalue weighted by atomic mass is 10.2. The van der Waals surface area contributed by atoms with Crippen molar-refractivity contribution >= 4 is 29.0 Å². The molecule has 4 N–H and O–H groups in total. The summed E-state index contributed by atoms with van der Waals surface area (Å²) in [4.78, 5) is 18.7. The van der Waals surface area contributed by atoms with Crippen molar-refractivity contribution < 1.29 is 18.6 Å². The van der Waals surface area contributed by atoms with Gasteiger partial charge in [0.1, 0.15) is 5.82 Å². The van der Waals surface area contributed by atoms with E-state index in [-0.39, 0.29) is 17.5 Å². The molecule has 0 aliphatic heterocycles. The minimum absolute atomic E-state index is 0.107.